The van der Waals surface area contributed by atoms with Gasteiger partial charge in [-0.15, -0.1) is 0 Å². The Balaban J connectivity index is 2.77. The minimum atomic E-state index is -0.798. The Labute approximate surface area is 126 Å². The van der Waals surface area contributed by atoms with Gasteiger partial charge in [-0.1, -0.05) is 0 Å². The molecule has 0 saturated carbocycles. The van der Waals surface area contributed by atoms with Crippen LogP contribution in [-0.2, 0) is 14.2 Å². The van der Waals surface area contributed by atoms with Gasteiger partial charge >= 0.3 is 18.3 Å². The molecule has 1 rings (SSSR count). The highest BCUT2D eigenvalue weighted by molar-refractivity contribution is 5.68. The molecule has 1 aliphatic heterocycles. The van der Waals surface area contributed by atoms with Crippen molar-refractivity contribution < 1.29 is 28.6 Å². The number of amides is 3. The Bertz CT molecular complexity index is 395. The number of carbonyl (C=O) groups excluding carboxylic acids is 3. The van der Waals surface area contributed by atoms with E-state index in [1.54, 1.807) is 0 Å². The second-order valence-electron chi connectivity index (χ2n) is 4.12. The minimum Gasteiger partial charge on any atom is -0.453 e. The molecule has 0 aromatic rings. The molecule has 12 heteroatoms. The summed E-state index contributed by atoms with van der Waals surface area (Å²) in [6.07, 6.45) is -4.38. The first kappa shape index (κ1) is 17.7. The average molecular weight is 320 g/mol. The molecule has 0 aliphatic carbocycles. The molecular weight excluding hydrogens is 300 g/mol. The van der Waals surface area contributed by atoms with Crippen molar-refractivity contribution in [2.75, 3.05) is 28.4 Å². The lowest BCUT2D eigenvalue weighted by Gasteiger charge is -2.41. The van der Waals surface area contributed by atoms with E-state index in [9.17, 15) is 14.4 Å². The number of ether oxygens (including phenoxy) is 3. The largest absolute Gasteiger partial charge is 0.453 e. The molecule has 12 nitrogen and oxygen atoms in total. The van der Waals surface area contributed by atoms with Crippen LogP contribution in [0.1, 0.15) is 0 Å². The second kappa shape index (κ2) is 8.21. The molecule has 0 radical (unpaired) electrons. The highest BCUT2D eigenvalue weighted by Crippen LogP contribution is 1.99. The van der Waals surface area contributed by atoms with Crippen molar-refractivity contribution in [2.45, 2.75) is 18.9 Å². The van der Waals surface area contributed by atoms with E-state index < -0.39 is 37.1 Å². The van der Waals surface area contributed by atoms with Gasteiger partial charge in [0.2, 0.25) is 0 Å². The molecule has 1 fully saturated rings. The number of alkyl carbamates (subject to hydrolysis) is 2. The van der Waals surface area contributed by atoms with Crippen LogP contribution in [0.25, 0.3) is 0 Å². The highest BCUT2D eigenvalue weighted by Gasteiger charge is 2.33. The molecule has 5 N–H and O–H groups in total. The van der Waals surface area contributed by atoms with E-state index in [0.29, 0.717) is 0 Å². The molecule has 22 heavy (non-hydrogen) atoms. The summed E-state index contributed by atoms with van der Waals surface area (Å²) in [5.74, 6) is 0. The fraction of sp³-hybridized carbons (Fsp3) is 0.700. The smallest absolute Gasteiger partial charge is 0.411 e. The molecule has 0 spiro atoms. The van der Waals surface area contributed by atoms with Gasteiger partial charge in [0.05, 0.1) is 21.3 Å². The number of nitrogens with one attached hydrogen (secondary N) is 5. The van der Waals surface area contributed by atoms with Gasteiger partial charge in [0.15, 0.2) is 0 Å². The Hall–Kier alpha value is -2.31. The number of carbonyl (C=O) groups is 3. The van der Waals surface area contributed by atoms with E-state index >= 15 is 0 Å². The van der Waals surface area contributed by atoms with Crippen molar-refractivity contribution >= 4 is 18.3 Å². The van der Waals surface area contributed by atoms with Crippen LogP contribution in [0.4, 0.5) is 14.4 Å². The number of rotatable bonds is 3. The van der Waals surface area contributed by atoms with Crippen LogP contribution < -0.4 is 26.6 Å². The molecule has 0 aromatic carbocycles. The monoisotopic (exact) mass is 320 g/mol. The van der Waals surface area contributed by atoms with Crippen molar-refractivity contribution in [1.82, 2.24) is 31.5 Å². The standard InChI is InChI=1S/C10H20N6O6/c1-16(10(19)22-4)7-12-5(14-8(17)20-2)11-6(13-7)15-9(18)21-3/h5-7,11-13H,1-4H3,(H,14,17)(H,15,18). The molecule has 1 aliphatic rings. The number of methoxy groups -OCH3 is 3. The first-order valence-corrected chi connectivity index (χ1v) is 6.19. The van der Waals surface area contributed by atoms with Gasteiger partial charge in [0.1, 0.15) is 18.9 Å². The summed E-state index contributed by atoms with van der Waals surface area (Å²) in [6.45, 7) is 0. The Morgan fingerprint density at radius 3 is 1.68 bits per heavy atom. The summed E-state index contributed by atoms with van der Waals surface area (Å²) in [4.78, 5) is 35.3. The summed E-state index contributed by atoms with van der Waals surface area (Å²) in [5.41, 5.74) is 0. The van der Waals surface area contributed by atoms with Crippen molar-refractivity contribution in [3.63, 3.8) is 0 Å². The maximum atomic E-state index is 11.6. The van der Waals surface area contributed by atoms with Crippen molar-refractivity contribution in [3.05, 3.63) is 0 Å². The summed E-state index contributed by atoms with van der Waals surface area (Å²) < 4.78 is 13.6. The lowest BCUT2D eigenvalue weighted by Crippen LogP contribution is -2.78. The summed E-state index contributed by atoms with van der Waals surface area (Å²) >= 11 is 0. The molecule has 3 amide bonds. The zero-order chi connectivity index (χ0) is 16.7. The second-order valence-corrected chi connectivity index (χ2v) is 4.12. The third-order valence-corrected chi connectivity index (χ3v) is 2.73. The van der Waals surface area contributed by atoms with Crippen LogP contribution in [0.3, 0.4) is 0 Å². The van der Waals surface area contributed by atoms with E-state index in [0.717, 1.165) is 0 Å². The third-order valence-electron chi connectivity index (χ3n) is 2.73. The highest BCUT2D eigenvalue weighted by atomic mass is 16.5. The van der Waals surface area contributed by atoms with E-state index in [-0.39, 0.29) is 0 Å². The summed E-state index contributed by atoms with van der Waals surface area (Å²) in [7, 11) is 5.11. The average Bonchev–Trinajstić information content (AvgIpc) is 2.52. The molecule has 1 heterocycles. The maximum Gasteiger partial charge on any atom is 0.411 e. The van der Waals surface area contributed by atoms with E-state index in [1.807, 2.05) is 0 Å². The van der Waals surface area contributed by atoms with Crippen LogP contribution in [0.5, 0.6) is 0 Å². The molecule has 2 atom stereocenters. The van der Waals surface area contributed by atoms with E-state index in [2.05, 4.69) is 40.8 Å². The Kier molecular flexibility index (Phi) is 6.62. The van der Waals surface area contributed by atoms with Crippen molar-refractivity contribution in [1.29, 1.82) is 0 Å². The molecular formula is C10H20N6O6. The maximum absolute atomic E-state index is 11.6. The SMILES string of the molecule is COC(=O)NC1NC(NC(=O)OC)NC(N(C)C(=O)OC)N1. The van der Waals surface area contributed by atoms with Crippen molar-refractivity contribution in [2.24, 2.45) is 0 Å². The first-order chi connectivity index (χ1) is 10.4. The number of hydrogen-bond acceptors (Lipinski definition) is 9. The topological polar surface area (TPSA) is 142 Å². The lowest BCUT2D eigenvalue weighted by atomic mass is 10.5. The fourth-order valence-corrected chi connectivity index (χ4v) is 1.62. The predicted molar refractivity (Wildman–Crippen MR) is 72.0 cm³/mol. The third kappa shape index (κ3) is 4.91. The van der Waals surface area contributed by atoms with E-state index in [1.165, 1.54) is 33.3 Å². The van der Waals surface area contributed by atoms with Crippen LogP contribution in [0.2, 0.25) is 0 Å². The van der Waals surface area contributed by atoms with E-state index in [4.69, 9.17) is 0 Å². The van der Waals surface area contributed by atoms with Gasteiger partial charge in [0.25, 0.3) is 0 Å². The van der Waals surface area contributed by atoms with Gasteiger partial charge in [0, 0.05) is 7.05 Å². The molecule has 2 unspecified atom stereocenters. The quantitative estimate of drug-likeness (QED) is 0.374. The molecule has 0 aromatic heterocycles. The molecule has 126 valence electrons. The van der Waals surface area contributed by atoms with Crippen LogP contribution in [-0.4, -0.2) is 70.4 Å². The number of hydrogen-bond donors (Lipinski definition) is 5. The van der Waals surface area contributed by atoms with Crippen LogP contribution in [0.15, 0.2) is 0 Å². The zero-order valence-electron chi connectivity index (χ0n) is 12.6. The fourth-order valence-electron chi connectivity index (χ4n) is 1.62. The van der Waals surface area contributed by atoms with Gasteiger partial charge in [-0.05, 0) is 0 Å². The van der Waals surface area contributed by atoms with Crippen molar-refractivity contribution in [3.8, 4) is 0 Å². The summed E-state index contributed by atoms with van der Waals surface area (Å²) in [6, 6.07) is 0. The van der Waals surface area contributed by atoms with Crippen LogP contribution >= 0.6 is 0 Å². The summed E-state index contributed by atoms with van der Waals surface area (Å²) in [5, 5.41) is 13.4. The predicted octanol–water partition coefficient (Wildman–Crippen LogP) is -1.97. The zero-order valence-corrected chi connectivity index (χ0v) is 12.6. The minimum absolute atomic E-state index is 0.625. The van der Waals surface area contributed by atoms with Gasteiger partial charge in [-0.2, -0.15) is 0 Å². The Morgan fingerprint density at radius 1 is 0.864 bits per heavy atom. The molecule has 1 saturated heterocycles. The van der Waals surface area contributed by atoms with Gasteiger partial charge in [-0.3, -0.25) is 31.5 Å². The first-order valence-electron chi connectivity index (χ1n) is 6.19. The normalized spacial score (nSPS) is 23.9. The van der Waals surface area contributed by atoms with Gasteiger partial charge in [-0.25, -0.2) is 14.4 Å². The van der Waals surface area contributed by atoms with Crippen LogP contribution in [0, 0.1) is 0 Å². The van der Waals surface area contributed by atoms with Gasteiger partial charge < -0.3 is 14.2 Å². The lowest BCUT2D eigenvalue weighted by molar-refractivity contribution is 0.0478. The Morgan fingerprint density at radius 2 is 1.32 bits per heavy atom. The number of nitrogens with zero attached hydrogens (tertiary/aromatic N) is 1. The molecule has 0 bridgehead atoms.